The first-order valence-corrected chi connectivity index (χ1v) is 7.16. The Morgan fingerprint density at radius 2 is 2.21 bits per heavy atom. The van der Waals surface area contributed by atoms with Crippen LogP contribution < -0.4 is 0 Å². The molecule has 0 aromatic carbocycles. The number of hydrogen-bond acceptors (Lipinski definition) is 2. The van der Waals surface area contributed by atoms with Crippen LogP contribution in [0.4, 0.5) is 0 Å². The third kappa shape index (κ3) is 2.06. The maximum absolute atomic E-state index is 6.08. The number of rotatable bonds is 2. The van der Waals surface area contributed by atoms with Crippen molar-refractivity contribution in [2.45, 2.75) is 11.8 Å². The molecule has 14 heavy (non-hydrogen) atoms. The highest BCUT2D eigenvalue weighted by Gasteiger charge is 2.16. The van der Waals surface area contributed by atoms with Gasteiger partial charge in [0.1, 0.15) is 0 Å². The van der Waals surface area contributed by atoms with E-state index < -0.39 is 0 Å². The molecule has 0 aliphatic carbocycles. The Balaban J connectivity index is 2.33. The van der Waals surface area contributed by atoms with E-state index in [1.165, 1.54) is 15.3 Å². The van der Waals surface area contributed by atoms with E-state index in [4.69, 9.17) is 11.6 Å². The van der Waals surface area contributed by atoms with Crippen molar-refractivity contribution in [1.29, 1.82) is 0 Å². The molecule has 0 radical (unpaired) electrons. The van der Waals surface area contributed by atoms with E-state index in [1.54, 1.807) is 22.7 Å². The second-order valence-corrected chi connectivity index (χ2v) is 6.24. The van der Waals surface area contributed by atoms with Crippen LogP contribution in [0.15, 0.2) is 22.9 Å². The molecule has 4 heteroatoms. The average Bonchev–Trinajstić information content (AvgIpc) is 2.73. The summed E-state index contributed by atoms with van der Waals surface area (Å²) in [7, 11) is 0. The molecule has 2 heterocycles. The summed E-state index contributed by atoms with van der Waals surface area (Å²) in [4.78, 5) is 2.74. The monoisotopic (exact) mass is 306 g/mol. The zero-order valence-electron chi connectivity index (χ0n) is 7.46. The third-order valence-electron chi connectivity index (χ3n) is 1.88. The van der Waals surface area contributed by atoms with Crippen LogP contribution in [0.2, 0.25) is 5.02 Å². The Labute approximate surface area is 105 Å². The van der Waals surface area contributed by atoms with Crippen LogP contribution in [0, 0.1) is 6.92 Å². The summed E-state index contributed by atoms with van der Waals surface area (Å²) in [5.74, 6) is 0. The molecule has 0 bridgehead atoms. The molecule has 0 spiro atoms. The SMILES string of the molecule is Cc1csc(C(Br)c2sccc2Cl)c1. The lowest BCUT2D eigenvalue weighted by Crippen LogP contribution is -1.85. The molecule has 2 rings (SSSR count). The lowest BCUT2D eigenvalue weighted by Gasteiger charge is -2.04. The lowest BCUT2D eigenvalue weighted by atomic mass is 10.2. The minimum atomic E-state index is 0.244. The Morgan fingerprint density at radius 3 is 2.71 bits per heavy atom. The van der Waals surface area contributed by atoms with E-state index in [1.807, 2.05) is 11.4 Å². The van der Waals surface area contributed by atoms with Crippen molar-refractivity contribution in [3.05, 3.63) is 43.2 Å². The molecule has 0 N–H and O–H groups in total. The van der Waals surface area contributed by atoms with Crippen molar-refractivity contribution in [1.82, 2.24) is 0 Å². The fraction of sp³-hybridized carbons (Fsp3) is 0.200. The summed E-state index contributed by atoms with van der Waals surface area (Å²) in [6.07, 6.45) is 0. The standard InChI is InChI=1S/C10H8BrClS2/c1-6-4-8(14-5-6)9(11)10-7(12)2-3-13-10/h2-5,9H,1H3. The van der Waals surface area contributed by atoms with Gasteiger partial charge in [0.25, 0.3) is 0 Å². The second kappa shape index (κ2) is 4.35. The van der Waals surface area contributed by atoms with E-state index in [0.29, 0.717) is 0 Å². The van der Waals surface area contributed by atoms with Crippen LogP contribution in [0.3, 0.4) is 0 Å². The van der Waals surface area contributed by atoms with Crippen molar-refractivity contribution in [2.24, 2.45) is 0 Å². The smallest absolute Gasteiger partial charge is 0.0845 e. The predicted octanol–water partition coefficient (Wildman–Crippen LogP) is 5.26. The van der Waals surface area contributed by atoms with E-state index in [9.17, 15) is 0 Å². The lowest BCUT2D eigenvalue weighted by molar-refractivity contribution is 1.28. The molecule has 0 aliphatic heterocycles. The van der Waals surface area contributed by atoms with Gasteiger partial charge in [-0.1, -0.05) is 27.5 Å². The Bertz CT molecular complexity index is 433. The van der Waals surface area contributed by atoms with Crippen LogP contribution in [-0.4, -0.2) is 0 Å². The number of thiophene rings is 2. The molecule has 0 aliphatic rings. The summed E-state index contributed by atoms with van der Waals surface area (Å²) in [6.45, 7) is 2.11. The minimum Gasteiger partial charge on any atom is -0.147 e. The largest absolute Gasteiger partial charge is 0.147 e. The molecule has 0 fully saturated rings. The van der Waals surface area contributed by atoms with Crippen LogP contribution in [-0.2, 0) is 0 Å². The van der Waals surface area contributed by atoms with Crippen molar-refractivity contribution < 1.29 is 0 Å². The molecule has 74 valence electrons. The van der Waals surface area contributed by atoms with Crippen LogP contribution in [0.1, 0.15) is 20.1 Å². The highest BCUT2D eigenvalue weighted by molar-refractivity contribution is 9.09. The van der Waals surface area contributed by atoms with E-state index >= 15 is 0 Å². The summed E-state index contributed by atoms with van der Waals surface area (Å²) in [5.41, 5.74) is 1.31. The Morgan fingerprint density at radius 1 is 1.43 bits per heavy atom. The molecule has 0 saturated carbocycles. The Kier molecular flexibility index (Phi) is 3.32. The summed E-state index contributed by atoms with van der Waals surface area (Å²) in [6, 6.07) is 4.14. The molecule has 1 atom stereocenters. The summed E-state index contributed by atoms with van der Waals surface area (Å²) < 4.78 is 0. The van der Waals surface area contributed by atoms with Gasteiger partial charge >= 0.3 is 0 Å². The van der Waals surface area contributed by atoms with Gasteiger partial charge in [0.05, 0.1) is 9.85 Å². The predicted molar refractivity (Wildman–Crippen MR) is 69.2 cm³/mol. The molecule has 1 unspecified atom stereocenters. The van der Waals surface area contributed by atoms with Gasteiger partial charge in [-0.15, -0.1) is 22.7 Å². The van der Waals surface area contributed by atoms with E-state index in [2.05, 4.69) is 34.3 Å². The molecule has 0 amide bonds. The van der Waals surface area contributed by atoms with Gasteiger partial charge in [0, 0.05) is 9.75 Å². The van der Waals surface area contributed by atoms with Gasteiger partial charge in [0.15, 0.2) is 0 Å². The van der Waals surface area contributed by atoms with Gasteiger partial charge in [-0.3, -0.25) is 0 Å². The molecule has 0 saturated heterocycles. The number of halogens is 2. The third-order valence-corrected chi connectivity index (χ3v) is 5.97. The van der Waals surface area contributed by atoms with Crippen LogP contribution >= 0.6 is 50.2 Å². The first-order chi connectivity index (χ1) is 6.68. The topological polar surface area (TPSA) is 0 Å². The molecule has 2 aromatic heterocycles. The van der Waals surface area contributed by atoms with E-state index in [0.717, 1.165) is 5.02 Å². The molecular formula is C10H8BrClS2. The first-order valence-electron chi connectivity index (χ1n) is 4.10. The van der Waals surface area contributed by atoms with E-state index in [-0.39, 0.29) is 4.83 Å². The molecular weight excluding hydrogens is 300 g/mol. The maximum Gasteiger partial charge on any atom is 0.0845 e. The fourth-order valence-corrected chi connectivity index (χ4v) is 4.47. The van der Waals surface area contributed by atoms with Crippen molar-refractivity contribution in [3.63, 3.8) is 0 Å². The van der Waals surface area contributed by atoms with Crippen molar-refractivity contribution in [3.8, 4) is 0 Å². The number of alkyl halides is 1. The Hall–Kier alpha value is 0.170. The highest BCUT2D eigenvalue weighted by atomic mass is 79.9. The quantitative estimate of drug-likeness (QED) is 0.664. The van der Waals surface area contributed by atoms with Gasteiger partial charge in [-0.25, -0.2) is 0 Å². The molecule has 2 aromatic rings. The maximum atomic E-state index is 6.08. The van der Waals surface area contributed by atoms with Gasteiger partial charge in [0.2, 0.25) is 0 Å². The fourth-order valence-electron chi connectivity index (χ4n) is 1.20. The number of aryl methyl sites for hydroxylation is 1. The van der Waals surface area contributed by atoms with Crippen molar-refractivity contribution >= 4 is 50.2 Å². The summed E-state index contributed by atoms with van der Waals surface area (Å²) in [5, 5.41) is 5.03. The zero-order chi connectivity index (χ0) is 10.1. The zero-order valence-corrected chi connectivity index (χ0v) is 11.4. The van der Waals surface area contributed by atoms with Gasteiger partial charge in [-0.2, -0.15) is 0 Å². The normalized spacial score (nSPS) is 13.1. The van der Waals surface area contributed by atoms with Crippen molar-refractivity contribution in [2.75, 3.05) is 0 Å². The van der Waals surface area contributed by atoms with Crippen LogP contribution in [0.5, 0.6) is 0 Å². The average molecular weight is 308 g/mol. The first kappa shape index (κ1) is 10.7. The van der Waals surface area contributed by atoms with Gasteiger partial charge < -0.3 is 0 Å². The minimum absolute atomic E-state index is 0.244. The van der Waals surface area contributed by atoms with Gasteiger partial charge in [-0.05, 0) is 35.4 Å². The molecule has 0 nitrogen and oxygen atoms in total. The van der Waals surface area contributed by atoms with Crippen LogP contribution in [0.25, 0.3) is 0 Å². The highest BCUT2D eigenvalue weighted by Crippen LogP contribution is 2.40. The number of hydrogen-bond donors (Lipinski definition) is 0. The second-order valence-electron chi connectivity index (χ2n) is 3.02. The summed E-state index contributed by atoms with van der Waals surface area (Å²) >= 11 is 13.2.